The molecule has 1 aromatic rings. The Morgan fingerprint density at radius 3 is 3.00 bits per heavy atom. The largest absolute Gasteiger partial charge is 0.377 e. The normalized spacial score (nSPS) is 26.0. The molecule has 6 heteroatoms. The number of rotatable bonds is 7. The Hall–Kier alpha value is -1.50. The molecule has 1 amide bonds. The maximum atomic E-state index is 12.6. The van der Waals surface area contributed by atoms with Crippen molar-refractivity contribution >= 4 is 5.91 Å². The van der Waals surface area contributed by atoms with Crippen molar-refractivity contribution in [2.75, 3.05) is 40.4 Å². The van der Waals surface area contributed by atoms with Crippen LogP contribution in [0.5, 0.6) is 0 Å². The minimum Gasteiger partial charge on any atom is -0.377 e. The third-order valence-electron chi connectivity index (χ3n) is 5.00. The second kappa shape index (κ2) is 8.74. The van der Waals surface area contributed by atoms with E-state index >= 15 is 0 Å². The van der Waals surface area contributed by atoms with Crippen molar-refractivity contribution in [3.8, 4) is 0 Å². The fourth-order valence-electron chi connectivity index (χ4n) is 3.65. The van der Waals surface area contributed by atoms with Gasteiger partial charge in [0, 0.05) is 25.0 Å². The highest BCUT2D eigenvalue weighted by atomic mass is 16.5. The molecule has 138 valence electrons. The summed E-state index contributed by atoms with van der Waals surface area (Å²) in [6.07, 6.45) is 5.31. The summed E-state index contributed by atoms with van der Waals surface area (Å²) in [6.45, 7) is 3.10. The van der Waals surface area contributed by atoms with E-state index in [1.54, 1.807) is 6.20 Å². The lowest BCUT2D eigenvalue weighted by atomic mass is 9.99. The zero-order valence-corrected chi connectivity index (χ0v) is 15.3. The van der Waals surface area contributed by atoms with Gasteiger partial charge in [0.1, 0.15) is 0 Å². The van der Waals surface area contributed by atoms with Gasteiger partial charge in [0.15, 0.2) is 0 Å². The van der Waals surface area contributed by atoms with Crippen molar-refractivity contribution in [1.29, 1.82) is 0 Å². The quantitative estimate of drug-likeness (QED) is 0.697. The van der Waals surface area contributed by atoms with Gasteiger partial charge in [0.25, 0.3) is 0 Å². The minimum absolute atomic E-state index is 0.156. The molecule has 2 fully saturated rings. The lowest BCUT2D eigenvalue weighted by Gasteiger charge is -2.36. The van der Waals surface area contributed by atoms with Gasteiger partial charge in [-0.05, 0) is 45.5 Å². The summed E-state index contributed by atoms with van der Waals surface area (Å²) in [5, 5.41) is 0. The van der Waals surface area contributed by atoms with E-state index in [0.717, 1.165) is 44.7 Å². The van der Waals surface area contributed by atoms with Crippen molar-refractivity contribution < 1.29 is 14.3 Å². The van der Waals surface area contributed by atoms with Crippen LogP contribution in [0.25, 0.3) is 0 Å². The van der Waals surface area contributed by atoms with Gasteiger partial charge in [-0.15, -0.1) is 0 Å². The number of carbonyl (C=O) groups excluding carboxylic acids is 1. The molecule has 3 heterocycles. The van der Waals surface area contributed by atoms with Gasteiger partial charge in [-0.25, -0.2) is 0 Å². The molecule has 2 aliphatic rings. The second-order valence-corrected chi connectivity index (χ2v) is 7.19. The van der Waals surface area contributed by atoms with Gasteiger partial charge in [-0.2, -0.15) is 0 Å². The minimum atomic E-state index is 0.156. The SMILES string of the molecule is CN(C)CCOC[C@@H]1CC[C@H]2[C@H](CCN2C(=O)Cc2ccccn2)O1. The molecule has 2 aliphatic heterocycles. The van der Waals surface area contributed by atoms with Crippen molar-refractivity contribution in [1.82, 2.24) is 14.8 Å². The fraction of sp³-hybridized carbons (Fsp3) is 0.684. The highest BCUT2D eigenvalue weighted by Crippen LogP contribution is 2.32. The maximum Gasteiger partial charge on any atom is 0.228 e. The Morgan fingerprint density at radius 2 is 2.24 bits per heavy atom. The number of aromatic nitrogens is 1. The number of hydrogen-bond donors (Lipinski definition) is 0. The van der Waals surface area contributed by atoms with Gasteiger partial charge < -0.3 is 19.3 Å². The molecule has 0 bridgehead atoms. The second-order valence-electron chi connectivity index (χ2n) is 7.19. The summed E-state index contributed by atoms with van der Waals surface area (Å²) in [5.41, 5.74) is 0.833. The first-order chi connectivity index (χ1) is 12.1. The van der Waals surface area contributed by atoms with E-state index in [1.807, 2.05) is 37.2 Å². The summed E-state index contributed by atoms with van der Waals surface area (Å²) in [6, 6.07) is 5.92. The van der Waals surface area contributed by atoms with Gasteiger partial charge in [-0.1, -0.05) is 6.07 Å². The van der Waals surface area contributed by atoms with E-state index in [2.05, 4.69) is 9.88 Å². The first kappa shape index (κ1) is 18.3. The van der Waals surface area contributed by atoms with E-state index in [0.29, 0.717) is 13.0 Å². The molecule has 0 spiro atoms. The molecule has 2 saturated heterocycles. The summed E-state index contributed by atoms with van der Waals surface area (Å²) < 4.78 is 11.9. The summed E-state index contributed by atoms with van der Waals surface area (Å²) in [7, 11) is 4.08. The van der Waals surface area contributed by atoms with Crippen LogP contribution in [0.15, 0.2) is 24.4 Å². The number of pyridine rings is 1. The number of hydrogen-bond acceptors (Lipinski definition) is 5. The van der Waals surface area contributed by atoms with Gasteiger partial charge in [0.05, 0.1) is 37.9 Å². The Balaban J connectivity index is 1.45. The molecular formula is C19H29N3O3. The van der Waals surface area contributed by atoms with Crippen LogP contribution in [-0.4, -0.2) is 79.3 Å². The zero-order chi connectivity index (χ0) is 17.6. The molecule has 0 unspecified atom stereocenters. The number of likely N-dealkylation sites (tertiary alicyclic amines) is 1. The molecule has 0 radical (unpaired) electrons. The number of amides is 1. The third kappa shape index (κ3) is 5.00. The van der Waals surface area contributed by atoms with Crippen LogP contribution in [0.4, 0.5) is 0 Å². The molecule has 0 saturated carbocycles. The third-order valence-corrected chi connectivity index (χ3v) is 5.00. The van der Waals surface area contributed by atoms with Crippen molar-refractivity contribution in [2.24, 2.45) is 0 Å². The molecule has 6 nitrogen and oxygen atoms in total. The molecule has 3 atom stereocenters. The number of carbonyl (C=O) groups is 1. The average Bonchev–Trinajstić information content (AvgIpc) is 3.03. The van der Waals surface area contributed by atoms with Crippen molar-refractivity contribution in [3.63, 3.8) is 0 Å². The van der Waals surface area contributed by atoms with E-state index in [1.165, 1.54) is 0 Å². The number of ether oxygens (including phenoxy) is 2. The molecule has 1 aromatic heterocycles. The Bertz CT molecular complexity index is 552. The Labute approximate surface area is 150 Å². The lowest BCUT2D eigenvalue weighted by Crippen LogP contribution is -2.46. The van der Waals surface area contributed by atoms with Crippen LogP contribution in [0.3, 0.4) is 0 Å². The maximum absolute atomic E-state index is 12.6. The Morgan fingerprint density at radius 1 is 1.36 bits per heavy atom. The van der Waals surface area contributed by atoms with Crippen LogP contribution in [0.1, 0.15) is 25.0 Å². The van der Waals surface area contributed by atoms with E-state index in [-0.39, 0.29) is 24.2 Å². The smallest absolute Gasteiger partial charge is 0.228 e. The number of likely N-dealkylation sites (N-methyl/N-ethyl adjacent to an activating group) is 1. The highest BCUT2D eigenvalue weighted by molar-refractivity contribution is 5.79. The molecule has 3 rings (SSSR count). The van der Waals surface area contributed by atoms with Crippen LogP contribution in [-0.2, 0) is 20.7 Å². The summed E-state index contributed by atoms with van der Waals surface area (Å²) in [4.78, 5) is 21.0. The van der Waals surface area contributed by atoms with Gasteiger partial charge >= 0.3 is 0 Å². The fourth-order valence-corrected chi connectivity index (χ4v) is 3.65. The van der Waals surface area contributed by atoms with Gasteiger partial charge in [-0.3, -0.25) is 9.78 Å². The summed E-state index contributed by atoms with van der Waals surface area (Å²) in [5.74, 6) is 0.162. The van der Waals surface area contributed by atoms with Crippen LogP contribution in [0, 0.1) is 0 Å². The molecule has 25 heavy (non-hydrogen) atoms. The highest BCUT2D eigenvalue weighted by Gasteiger charge is 2.41. The number of nitrogens with zero attached hydrogens (tertiary/aromatic N) is 3. The first-order valence-electron chi connectivity index (χ1n) is 9.21. The number of fused-ring (bicyclic) bond motifs is 1. The van der Waals surface area contributed by atoms with Crippen LogP contribution in [0.2, 0.25) is 0 Å². The van der Waals surface area contributed by atoms with Crippen molar-refractivity contribution in [3.05, 3.63) is 30.1 Å². The average molecular weight is 347 g/mol. The van der Waals surface area contributed by atoms with Crippen LogP contribution >= 0.6 is 0 Å². The monoisotopic (exact) mass is 347 g/mol. The van der Waals surface area contributed by atoms with Crippen LogP contribution < -0.4 is 0 Å². The Kier molecular flexibility index (Phi) is 6.39. The molecule has 0 N–H and O–H groups in total. The zero-order valence-electron chi connectivity index (χ0n) is 15.3. The summed E-state index contributed by atoms with van der Waals surface area (Å²) >= 11 is 0. The van der Waals surface area contributed by atoms with E-state index in [9.17, 15) is 4.79 Å². The van der Waals surface area contributed by atoms with Gasteiger partial charge in [0.2, 0.25) is 5.91 Å². The topological polar surface area (TPSA) is 54.9 Å². The first-order valence-corrected chi connectivity index (χ1v) is 9.21. The predicted octanol–water partition coefficient (Wildman–Crippen LogP) is 1.35. The lowest BCUT2D eigenvalue weighted by molar-refractivity contribution is -0.138. The van der Waals surface area contributed by atoms with E-state index in [4.69, 9.17) is 9.47 Å². The van der Waals surface area contributed by atoms with E-state index < -0.39 is 0 Å². The standard InChI is InChI=1S/C19H29N3O3/c1-21(2)11-12-24-14-16-6-7-17-18(25-16)8-10-22(17)19(23)13-15-5-3-4-9-20-15/h3-5,9,16-18H,6-8,10-14H2,1-2H3/t16-,17-,18-/m0/s1. The molecule has 0 aliphatic carbocycles. The van der Waals surface area contributed by atoms with Crippen molar-refractivity contribution in [2.45, 2.75) is 43.9 Å². The predicted molar refractivity (Wildman–Crippen MR) is 95.3 cm³/mol. The molecular weight excluding hydrogens is 318 g/mol. The molecule has 0 aromatic carbocycles.